The number of hydrogen-bond donors (Lipinski definition) is 1. The molecule has 0 saturated heterocycles. The van der Waals surface area contributed by atoms with Gasteiger partial charge >= 0.3 is 0 Å². The van der Waals surface area contributed by atoms with E-state index in [4.69, 9.17) is 0 Å². The van der Waals surface area contributed by atoms with Gasteiger partial charge in [-0.25, -0.2) is 9.37 Å². The number of hydrogen-bond acceptors (Lipinski definition) is 2. The number of rotatable bonds is 3. The number of amides is 1. The van der Waals surface area contributed by atoms with Crippen LogP contribution in [0.25, 0.3) is 5.65 Å². The normalized spacial score (nSPS) is 10.8. The zero-order valence-electron chi connectivity index (χ0n) is 11.5. The van der Waals surface area contributed by atoms with Crippen molar-refractivity contribution < 1.29 is 9.18 Å². The maximum absolute atomic E-state index is 13.1. The highest BCUT2D eigenvalue weighted by molar-refractivity contribution is 5.92. The van der Waals surface area contributed by atoms with Crippen molar-refractivity contribution in [1.29, 1.82) is 0 Å². The second-order valence-corrected chi connectivity index (χ2v) is 4.94. The minimum absolute atomic E-state index is 0.149. The van der Waals surface area contributed by atoms with E-state index in [1.54, 1.807) is 16.7 Å². The molecule has 5 heteroatoms. The second-order valence-electron chi connectivity index (χ2n) is 4.94. The lowest BCUT2D eigenvalue weighted by Crippen LogP contribution is -2.14. The van der Waals surface area contributed by atoms with Crippen LogP contribution in [0.15, 0.2) is 48.8 Å². The Hall–Kier alpha value is -2.69. The molecular formula is C16H14FN3O. The molecule has 0 aliphatic heterocycles. The van der Waals surface area contributed by atoms with Gasteiger partial charge in [-0.05, 0) is 36.8 Å². The van der Waals surface area contributed by atoms with Gasteiger partial charge in [0.2, 0.25) is 5.91 Å². The van der Waals surface area contributed by atoms with Crippen LogP contribution in [-0.2, 0) is 11.2 Å². The van der Waals surface area contributed by atoms with Crippen LogP contribution in [0.5, 0.6) is 0 Å². The summed E-state index contributed by atoms with van der Waals surface area (Å²) in [4.78, 5) is 16.3. The van der Waals surface area contributed by atoms with Crippen LogP contribution in [0.4, 0.5) is 10.1 Å². The van der Waals surface area contributed by atoms with Crippen LogP contribution in [0.2, 0.25) is 0 Å². The molecule has 0 aliphatic rings. The van der Waals surface area contributed by atoms with Gasteiger partial charge in [-0.3, -0.25) is 4.79 Å². The Bertz CT molecular complexity index is 810. The van der Waals surface area contributed by atoms with Gasteiger partial charge in [-0.1, -0.05) is 12.1 Å². The molecule has 0 aliphatic carbocycles. The van der Waals surface area contributed by atoms with E-state index >= 15 is 0 Å². The molecule has 3 rings (SSSR count). The molecule has 21 heavy (non-hydrogen) atoms. The van der Waals surface area contributed by atoms with Crippen molar-refractivity contribution in [3.05, 3.63) is 65.9 Å². The number of halogens is 1. The number of nitrogens with zero attached hydrogens (tertiary/aromatic N) is 2. The fourth-order valence-electron chi connectivity index (χ4n) is 2.19. The molecule has 0 atom stereocenters. The Labute approximate surface area is 121 Å². The molecule has 2 aromatic heterocycles. The molecule has 0 bridgehead atoms. The summed E-state index contributed by atoms with van der Waals surface area (Å²) in [5.74, 6) is -0.486. The molecule has 1 N–H and O–H groups in total. The lowest BCUT2D eigenvalue weighted by atomic mass is 10.2. The lowest BCUT2D eigenvalue weighted by Gasteiger charge is -2.04. The van der Waals surface area contributed by atoms with E-state index in [0.29, 0.717) is 11.3 Å². The number of aryl methyl sites for hydroxylation is 1. The highest BCUT2D eigenvalue weighted by atomic mass is 19.1. The first-order valence-electron chi connectivity index (χ1n) is 6.60. The third-order valence-electron chi connectivity index (χ3n) is 3.11. The average Bonchev–Trinajstić information content (AvgIpc) is 2.79. The highest BCUT2D eigenvalue weighted by Gasteiger charge is 2.08. The summed E-state index contributed by atoms with van der Waals surface area (Å²) < 4.78 is 14.7. The molecule has 0 fully saturated rings. The quantitative estimate of drug-likeness (QED) is 0.803. The summed E-state index contributed by atoms with van der Waals surface area (Å²) in [7, 11) is 0. The van der Waals surface area contributed by atoms with E-state index in [2.05, 4.69) is 10.3 Å². The number of carbonyl (C=O) groups is 1. The molecule has 106 valence electrons. The standard InChI is InChI=1S/C16H14FN3O/c1-11-3-2-4-13(7-11)19-16(21)8-14-10-20-9-12(17)5-6-15(20)18-14/h2-7,9-10H,8H2,1H3,(H,19,21). The molecule has 0 unspecified atom stereocenters. The Kier molecular flexibility index (Phi) is 3.39. The first kappa shape index (κ1) is 13.3. The zero-order chi connectivity index (χ0) is 14.8. The summed E-state index contributed by atoms with van der Waals surface area (Å²) in [6, 6.07) is 10.5. The predicted octanol–water partition coefficient (Wildman–Crippen LogP) is 2.96. The Morgan fingerprint density at radius 1 is 1.29 bits per heavy atom. The van der Waals surface area contributed by atoms with Crippen LogP contribution in [0, 0.1) is 12.7 Å². The summed E-state index contributed by atoms with van der Waals surface area (Å²) in [6.45, 7) is 1.96. The fraction of sp³-hybridized carbons (Fsp3) is 0.125. The van der Waals surface area contributed by atoms with Gasteiger partial charge < -0.3 is 9.72 Å². The number of pyridine rings is 1. The van der Waals surface area contributed by atoms with E-state index in [1.807, 2.05) is 31.2 Å². The van der Waals surface area contributed by atoms with Crippen molar-refractivity contribution in [3.63, 3.8) is 0 Å². The molecule has 0 saturated carbocycles. The Morgan fingerprint density at radius 2 is 2.14 bits per heavy atom. The van der Waals surface area contributed by atoms with E-state index in [1.165, 1.54) is 12.3 Å². The largest absolute Gasteiger partial charge is 0.326 e. The first-order chi connectivity index (χ1) is 10.1. The summed E-state index contributed by atoms with van der Waals surface area (Å²) in [5.41, 5.74) is 3.06. The van der Waals surface area contributed by atoms with Gasteiger partial charge in [-0.15, -0.1) is 0 Å². The van der Waals surface area contributed by atoms with Gasteiger partial charge in [0, 0.05) is 18.1 Å². The topological polar surface area (TPSA) is 46.4 Å². The van der Waals surface area contributed by atoms with Crippen molar-refractivity contribution in [2.75, 3.05) is 5.32 Å². The molecule has 3 aromatic rings. The summed E-state index contributed by atoms with van der Waals surface area (Å²) in [5, 5.41) is 2.82. The monoisotopic (exact) mass is 283 g/mol. The summed E-state index contributed by atoms with van der Waals surface area (Å²) in [6.07, 6.45) is 3.15. The third kappa shape index (κ3) is 3.08. The number of fused-ring (bicyclic) bond motifs is 1. The number of carbonyl (C=O) groups excluding carboxylic acids is 1. The minimum atomic E-state index is -0.337. The van der Waals surface area contributed by atoms with E-state index in [0.717, 1.165) is 11.3 Å². The number of aromatic nitrogens is 2. The average molecular weight is 283 g/mol. The smallest absolute Gasteiger partial charge is 0.230 e. The summed E-state index contributed by atoms with van der Waals surface area (Å²) >= 11 is 0. The van der Waals surface area contributed by atoms with Crippen molar-refractivity contribution in [2.45, 2.75) is 13.3 Å². The second kappa shape index (κ2) is 5.36. The Balaban J connectivity index is 1.74. The van der Waals surface area contributed by atoms with Gasteiger partial charge in [0.1, 0.15) is 11.5 Å². The molecule has 0 spiro atoms. The predicted molar refractivity (Wildman–Crippen MR) is 78.7 cm³/mol. The number of nitrogens with one attached hydrogen (secondary N) is 1. The van der Waals surface area contributed by atoms with Gasteiger partial charge in [0.05, 0.1) is 12.1 Å². The van der Waals surface area contributed by atoms with Crippen molar-refractivity contribution in [1.82, 2.24) is 9.38 Å². The van der Waals surface area contributed by atoms with Crippen LogP contribution in [0.1, 0.15) is 11.3 Å². The van der Waals surface area contributed by atoms with Crippen LogP contribution in [0.3, 0.4) is 0 Å². The van der Waals surface area contributed by atoms with Crippen LogP contribution in [-0.4, -0.2) is 15.3 Å². The number of anilines is 1. The molecule has 2 heterocycles. The maximum atomic E-state index is 13.1. The van der Waals surface area contributed by atoms with Gasteiger partial charge in [0.25, 0.3) is 0 Å². The number of imidazole rings is 1. The highest BCUT2D eigenvalue weighted by Crippen LogP contribution is 2.11. The molecular weight excluding hydrogens is 269 g/mol. The van der Waals surface area contributed by atoms with Gasteiger partial charge in [0.15, 0.2) is 0 Å². The van der Waals surface area contributed by atoms with Gasteiger partial charge in [-0.2, -0.15) is 0 Å². The van der Waals surface area contributed by atoms with Crippen molar-refractivity contribution in [3.8, 4) is 0 Å². The zero-order valence-corrected chi connectivity index (χ0v) is 11.5. The molecule has 0 radical (unpaired) electrons. The SMILES string of the molecule is Cc1cccc(NC(=O)Cc2cn3cc(F)ccc3n2)c1. The van der Waals surface area contributed by atoms with Crippen LogP contribution < -0.4 is 5.32 Å². The van der Waals surface area contributed by atoms with E-state index in [9.17, 15) is 9.18 Å². The molecule has 1 amide bonds. The van der Waals surface area contributed by atoms with Crippen molar-refractivity contribution >= 4 is 17.2 Å². The van der Waals surface area contributed by atoms with Crippen molar-refractivity contribution in [2.24, 2.45) is 0 Å². The first-order valence-corrected chi connectivity index (χ1v) is 6.60. The molecule has 1 aromatic carbocycles. The number of benzene rings is 1. The minimum Gasteiger partial charge on any atom is -0.326 e. The fourth-order valence-corrected chi connectivity index (χ4v) is 2.19. The third-order valence-corrected chi connectivity index (χ3v) is 3.11. The maximum Gasteiger partial charge on any atom is 0.230 e. The lowest BCUT2D eigenvalue weighted by molar-refractivity contribution is -0.115. The Morgan fingerprint density at radius 3 is 2.95 bits per heavy atom. The molecule has 4 nitrogen and oxygen atoms in total. The van der Waals surface area contributed by atoms with E-state index < -0.39 is 0 Å². The van der Waals surface area contributed by atoms with E-state index in [-0.39, 0.29) is 18.1 Å². The van der Waals surface area contributed by atoms with Crippen LogP contribution >= 0.6 is 0 Å².